The molecule has 1 rings (SSSR count). The van der Waals surface area contributed by atoms with Crippen molar-refractivity contribution >= 4 is 54.5 Å². The molecule has 0 aromatic heterocycles. The van der Waals surface area contributed by atoms with Gasteiger partial charge in [0, 0.05) is 22.7 Å². The summed E-state index contributed by atoms with van der Waals surface area (Å²) in [7, 11) is 1.66. The molecule has 1 unspecified atom stereocenters. The van der Waals surface area contributed by atoms with Gasteiger partial charge in [0.25, 0.3) is 0 Å². The highest BCUT2D eigenvalue weighted by molar-refractivity contribution is 8.13. The third-order valence-electron chi connectivity index (χ3n) is 2.46. The largest absolute Gasteiger partial charge is 0.492 e. The topological polar surface area (TPSA) is 43.4 Å². The van der Waals surface area contributed by atoms with E-state index in [1.165, 1.54) is 12.1 Å². The van der Waals surface area contributed by atoms with Crippen LogP contribution in [0.2, 0.25) is 15.1 Å². The van der Waals surface area contributed by atoms with Gasteiger partial charge in [-0.25, -0.2) is 8.42 Å². The minimum atomic E-state index is -3.55. The summed E-state index contributed by atoms with van der Waals surface area (Å²) in [5, 5.41) is 0.964. The van der Waals surface area contributed by atoms with Crippen LogP contribution in [0, 0.1) is 5.92 Å². The molecule has 3 nitrogen and oxygen atoms in total. The van der Waals surface area contributed by atoms with Gasteiger partial charge < -0.3 is 4.74 Å². The van der Waals surface area contributed by atoms with E-state index in [0.717, 1.165) is 0 Å². The van der Waals surface area contributed by atoms with E-state index in [1.54, 1.807) is 0 Å². The Morgan fingerprint density at radius 1 is 1.16 bits per heavy atom. The minimum absolute atomic E-state index is 0.149. The Kier molecular flexibility index (Phi) is 6.54. The SMILES string of the molecule is CCC(COc1cc(Cl)c(Cl)cc1Cl)CS(=O)(=O)Cl. The second-order valence-corrected chi connectivity index (χ2v) is 8.03. The van der Waals surface area contributed by atoms with Gasteiger partial charge in [-0.3, -0.25) is 0 Å². The summed E-state index contributed by atoms with van der Waals surface area (Å²) in [6, 6.07) is 2.97. The molecule has 0 fully saturated rings. The summed E-state index contributed by atoms with van der Waals surface area (Å²) in [6.07, 6.45) is 0.616. The zero-order chi connectivity index (χ0) is 14.6. The van der Waals surface area contributed by atoms with E-state index < -0.39 is 9.05 Å². The summed E-state index contributed by atoms with van der Waals surface area (Å²) in [5.41, 5.74) is 0. The highest BCUT2D eigenvalue weighted by Gasteiger charge is 2.17. The van der Waals surface area contributed by atoms with Crippen molar-refractivity contribution in [1.82, 2.24) is 0 Å². The molecular formula is C11H12Cl4O3S. The summed E-state index contributed by atoms with van der Waals surface area (Å²) in [4.78, 5) is 0. The van der Waals surface area contributed by atoms with Crippen molar-refractivity contribution in [2.75, 3.05) is 12.4 Å². The third kappa shape index (κ3) is 5.96. The predicted octanol–water partition coefficient (Wildman–Crippen LogP) is 4.62. The van der Waals surface area contributed by atoms with Crippen LogP contribution < -0.4 is 4.74 Å². The van der Waals surface area contributed by atoms with E-state index in [2.05, 4.69) is 0 Å². The highest BCUT2D eigenvalue weighted by atomic mass is 35.7. The fraction of sp³-hybridized carbons (Fsp3) is 0.455. The first-order valence-electron chi connectivity index (χ1n) is 5.42. The summed E-state index contributed by atoms with van der Waals surface area (Å²) in [5.74, 6) is -0.00112. The number of ether oxygens (including phenoxy) is 1. The molecule has 108 valence electrons. The fourth-order valence-corrected chi connectivity index (χ4v) is 3.41. The molecule has 0 heterocycles. The van der Waals surface area contributed by atoms with Gasteiger partial charge in [0.2, 0.25) is 9.05 Å². The molecule has 0 aliphatic rings. The fourth-order valence-electron chi connectivity index (χ4n) is 1.39. The zero-order valence-corrected chi connectivity index (χ0v) is 13.8. The van der Waals surface area contributed by atoms with Crippen LogP contribution in [0.1, 0.15) is 13.3 Å². The number of hydrogen-bond acceptors (Lipinski definition) is 3. The molecule has 8 heteroatoms. The van der Waals surface area contributed by atoms with Crippen LogP contribution >= 0.6 is 45.5 Å². The Balaban J connectivity index is 2.73. The molecular weight excluding hydrogens is 354 g/mol. The van der Waals surface area contributed by atoms with E-state index in [0.29, 0.717) is 27.2 Å². The maximum Gasteiger partial charge on any atom is 0.232 e. The van der Waals surface area contributed by atoms with Gasteiger partial charge >= 0.3 is 0 Å². The van der Waals surface area contributed by atoms with Crippen LogP contribution in [-0.2, 0) is 9.05 Å². The average Bonchev–Trinajstić information content (AvgIpc) is 2.28. The minimum Gasteiger partial charge on any atom is -0.492 e. The van der Waals surface area contributed by atoms with E-state index in [1.807, 2.05) is 6.92 Å². The smallest absolute Gasteiger partial charge is 0.232 e. The molecule has 0 bridgehead atoms. The lowest BCUT2D eigenvalue weighted by Crippen LogP contribution is -2.19. The van der Waals surface area contributed by atoms with Gasteiger partial charge in [-0.15, -0.1) is 0 Å². The molecule has 19 heavy (non-hydrogen) atoms. The first-order chi connectivity index (χ1) is 8.73. The second-order valence-electron chi connectivity index (χ2n) is 3.99. The third-order valence-corrected chi connectivity index (χ3v) is 4.73. The van der Waals surface area contributed by atoms with Crippen LogP contribution in [0.25, 0.3) is 0 Å². The summed E-state index contributed by atoms with van der Waals surface area (Å²) in [6.45, 7) is 2.03. The van der Waals surface area contributed by atoms with Crippen LogP contribution in [0.5, 0.6) is 5.75 Å². The van der Waals surface area contributed by atoms with E-state index in [4.69, 9.17) is 50.2 Å². The van der Waals surface area contributed by atoms with Crippen molar-refractivity contribution < 1.29 is 13.2 Å². The first kappa shape index (κ1) is 17.2. The van der Waals surface area contributed by atoms with Crippen molar-refractivity contribution in [2.24, 2.45) is 5.92 Å². The van der Waals surface area contributed by atoms with Crippen LogP contribution in [0.15, 0.2) is 12.1 Å². The molecule has 1 aromatic rings. The molecule has 1 atom stereocenters. The van der Waals surface area contributed by atoms with Crippen LogP contribution in [-0.4, -0.2) is 20.8 Å². The predicted molar refractivity (Wildman–Crippen MR) is 80.4 cm³/mol. The molecule has 0 radical (unpaired) electrons. The molecule has 0 saturated carbocycles. The molecule has 0 aliphatic carbocycles. The van der Waals surface area contributed by atoms with Crippen molar-refractivity contribution in [3.63, 3.8) is 0 Å². The lowest BCUT2D eigenvalue weighted by atomic mass is 10.1. The summed E-state index contributed by atoms with van der Waals surface area (Å²) >= 11 is 17.6. The van der Waals surface area contributed by atoms with Gasteiger partial charge in [0.1, 0.15) is 5.75 Å². The Morgan fingerprint density at radius 2 is 1.74 bits per heavy atom. The first-order valence-corrected chi connectivity index (χ1v) is 9.03. The number of hydrogen-bond donors (Lipinski definition) is 0. The van der Waals surface area contributed by atoms with Gasteiger partial charge in [0.05, 0.1) is 27.4 Å². The normalized spacial score (nSPS) is 13.3. The Morgan fingerprint density at radius 3 is 2.26 bits per heavy atom. The monoisotopic (exact) mass is 364 g/mol. The average molecular weight is 366 g/mol. The van der Waals surface area contributed by atoms with Crippen molar-refractivity contribution in [1.29, 1.82) is 0 Å². The van der Waals surface area contributed by atoms with Crippen LogP contribution in [0.3, 0.4) is 0 Å². The van der Waals surface area contributed by atoms with Crippen LogP contribution in [0.4, 0.5) is 0 Å². The maximum absolute atomic E-state index is 11.0. The number of rotatable bonds is 6. The van der Waals surface area contributed by atoms with Gasteiger partial charge in [-0.1, -0.05) is 41.7 Å². The Labute approximate surface area is 132 Å². The van der Waals surface area contributed by atoms with Crippen molar-refractivity contribution in [3.8, 4) is 5.75 Å². The molecule has 0 amide bonds. The van der Waals surface area contributed by atoms with E-state index in [-0.39, 0.29) is 18.3 Å². The van der Waals surface area contributed by atoms with E-state index in [9.17, 15) is 8.42 Å². The lowest BCUT2D eigenvalue weighted by molar-refractivity contribution is 0.258. The molecule has 0 spiro atoms. The molecule has 0 N–H and O–H groups in total. The number of halogens is 4. The zero-order valence-electron chi connectivity index (χ0n) is 10.00. The van der Waals surface area contributed by atoms with Crippen molar-refractivity contribution in [3.05, 3.63) is 27.2 Å². The lowest BCUT2D eigenvalue weighted by Gasteiger charge is -2.15. The Bertz CT molecular complexity index is 545. The highest BCUT2D eigenvalue weighted by Crippen LogP contribution is 2.34. The van der Waals surface area contributed by atoms with Gasteiger partial charge in [-0.05, 0) is 12.5 Å². The van der Waals surface area contributed by atoms with Gasteiger partial charge in [0.15, 0.2) is 0 Å². The molecule has 0 aliphatic heterocycles. The van der Waals surface area contributed by atoms with Crippen molar-refractivity contribution in [2.45, 2.75) is 13.3 Å². The quantitative estimate of drug-likeness (QED) is 0.545. The molecule has 1 aromatic carbocycles. The second kappa shape index (κ2) is 7.23. The number of benzene rings is 1. The summed E-state index contributed by atoms with van der Waals surface area (Å²) < 4.78 is 27.5. The van der Waals surface area contributed by atoms with Gasteiger partial charge in [-0.2, -0.15) is 0 Å². The Hall–Kier alpha value is 0.130. The molecule has 0 saturated heterocycles. The van der Waals surface area contributed by atoms with E-state index >= 15 is 0 Å². The standard InChI is InChI=1S/C11H12Cl4O3S/c1-2-7(6-19(15,16)17)5-18-11-4-9(13)8(12)3-10(11)14/h3-4,7H,2,5-6H2,1H3. The maximum atomic E-state index is 11.0.